The summed E-state index contributed by atoms with van der Waals surface area (Å²) < 4.78 is 0. The molecule has 1 aromatic heterocycles. The fraction of sp³-hybridized carbons (Fsp3) is 0.500. The van der Waals surface area contributed by atoms with Crippen molar-refractivity contribution in [2.45, 2.75) is 61.8 Å². The molecule has 0 spiro atoms. The lowest BCUT2D eigenvalue weighted by Crippen LogP contribution is -1.86. The first-order valence-corrected chi connectivity index (χ1v) is 7.65. The predicted octanol–water partition coefficient (Wildman–Crippen LogP) is 6.18. The van der Waals surface area contributed by atoms with Gasteiger partial charge >= 0.3 is 0 Å². The van der Waals surface area contributed by atoms with Crippen LogP contribution in [0.5, 0.6) is 0 Å². The van der Waals surface area contributed by atoms with Gasteiger partial charge in [-0.15, -0.1) is 0 Å². The molecule has 1 heterocycles. The second-order valence-electron chi connectivity index (χ2n) is 3.38. The molecule has 0 aliphatic rings. The van der Waals surface area contributed by atoms with E-state index in [0.29, 0.717) is 0 Å². The van der Waals surface area contributed by atoms with E-state index in [2.05, 4.69) is 43.1 Å². The van der Waals surface area contributed by atoms with Crippen molar-refractivity contribution in [3.63, 3.8) is 0 Å². The molecule has 0 fully saturated rings. The molecule has 0 N–H and O–H groups in total. The fourth-order valence-electron chi connectivity index (χ4n) is 1.50. The van der Waals surface area contributed by atoms with Crippen molar-refractivity contribution in [3.05, 3.63) is 41.7 Å². The summed E-state index contributed by atoms with van der Waals surface area (Å²) in [5.41, 5.74) is 2.47. The number of aromatic nitrogens is 1. The second-order valence-corrected chi connectivity index (χ2v) is 3.38. The molecular formula is C18H31N. The lowest BCUT2D eigenvalue weighted by atomic mass is 10.1. The van der Waals surface area contributed by atoms with Crippen LogP contribution in [-0.4, -0.2) is 4.98 Å². The highest BCUT2D eigenvalue weighted by molar-refractivity contribution is 5.82. The van der Waals surface area contributed by atoms with E-state index < -0.39 is 0 Å². The van der Waals surface area contributed by atoms with Gasteiger partial charge in [-0.1, -0.05) is 72.2 Å². The minimum Gasteiger partial charge on any atom is -0.261 e. The number of benzene rings is 1. The van der Waals surface area contributed by atoms with E-state index in [1.165, 1.54) is 16.3 Å². The number of nitrogens with zero attached hydrogens (tertiary/aromatic N) is 1. The normalized spacial score (nSPS) is 8.21. The Morgan fingerprint density at radius 3 is 1.95 bits per heavy atom. The molecule has 0 aliphatic carbocycles. The topological polar surface area (TPSA) is 12.9 Å². The number of rotatable bonds is 1. The van der Waals surface area contributed by atoms with Crippen molar-refractivity contribution < 1.29 is 0 Å². The van der Waals surface area contributed by atoms with E-state index in [1.54, 1.807) is 0 Å². The summed E-state index contributed by atoms with van der Waals surface area (Å²) in [6.45, 7) is 16.2. The molecule has 1 aromatic carbocycles. The van der Waals surface area contributed by atoms with Crippen LogP contribution in [0.4, 0.5) is 0 Å². The molecule has 1 heteroatoms. The molecule has 0 aliphatic heterocycles. The average molecular weight is 261 g/mol. The van der Waals surface area contributed by atoms with E-state index in [0.717, 1.165) is 12.1 Å². The van der Waals surface area contributed by atoms with E-state index in [9.17, 15) is 0 Å². The monoisotopic (exact) mass is 261 g/mol. The van der Waals surface area contributed by atoms with Gasteiger partial charge in [-0.2, -0.15) is 0 Å². The lowest BCUT2D eigenvalue weighted by Gasteiger charge is -2.01. The van der Waals surface area contributed by atoms with E-state index in [-0.39, 0.29) is 0 Å². The van der Waals surface area contributed by atoms with Crippen molar-refractivity contribution in [1.82, 2.24) is 4.98 Å². The summed E-state index contributed by atoms with van der Waals surface area (Å²) in [7, 11) is 0. The van der Waals surface area contributed by atoms with Gasteiger partial charge in [-0.05, 0) is 24.8 Å². The van der Waals surface area contributed by atoms with Gasteiger partial charge in [0.1, 0.15) is 0 Å². The number of hydrogen-bond donors (Lipinski definition) is 0. The Kier molecular flexibility index (Phi) is 13.7. The molecule has 2 rings (SSSR count). The minimum atomic E-state index is 1.00. The van der Waals surface area contributed by atoms with E-state index in [1.807, 2.05) is 47.7 Å². The Morgan fingerprint density at radius 1 is 0.842 bits per heavy atom. The maximum absolute atomic E-state index is 4.36. The van der Waals surface area contributed by atoms with Gasteiger partial charge in [-0.25, -0.2) is 0 Å². The van der Waals surface area contributed by atoms with Crippen LogP contribution in [-0.2, 0) is 6.42 Å². The third kappa shape index (κ3) is 6.95. The average Bonchev–Trinajstić information content (AvgIpc) is 2.52. The number of aryl methyl sites for hydroxylation is 2. The van der Waals surface area contributed by atoms with Crippen molar-refractivity contribution in [1.29, 1.82) is 0 Å². The van der Waals surface area contributed by atoms with Crippen LogP contribution in [0.3, 0.4) is 0 Å². The van der Waals surface area contributed by atoms with Gasteiger partial charge in [0, 0.05) is 17.3 Å². The summed E-state index contributed by atoms with van der Waals surface area (Å²) in [6.07, 6.45) is 2.96. The van der Waals surface area contributed by atoms with Crippen LogP contribution >= 0.6 is 0 Å². The van der Waals surface area contributed by atoms with Crippen molar-refractivity contribution >= 4 is 10.8 Å². The summed E-state index contributed by atoms with van der Waals surface area (Å²) in [6, 6.07) is 8.62. The molecule has 108 valence electrons. The molecule has 19 heavy (non-hydrogen) atoms. The third-order valence-electron chi connectivity index (χ3n) is 2.30. The Bertz CT molecular complexity index is 433. The standard InChI is InChI=1S/C12H13N.3C2H6/c1-3-12-7-11-6-9(2)4-5-10(11)8-13-12;3*1-2/h4-8H,3H2,1-2H3;3*1-2H3. The second kappa shape index (κ2) is 13.1. The zero-order chi connectivity index (χ0) is 15.3. The smallest absolute Gasteiger partial charge is 0.0407 e. The first-order chi connectivity index (χ1) is 9.29. The zero-order valence-corrected chi connectivity index (χ0v) is 14.0. The van der Waals surface area contributed by atoms with Crippen LogP contribution < -0.4 is 0 Å². The highest BCUT2D eigenvalue weighted by atomic mass is 14.7. The molecule has 1 nitrogen and oxygen atoms in total. The van der Waals surface area contributed by atoms with Crippen LogP contribution in [0.25, 0.3) is 10.8 Å². The first-order valence-electron chi connectivity index (χ1n) is 7.65. The molecule has 0 radical (unpaired) electrons. The summed E-state index contributed by atoms with van der Waals surface area (Å²) in [5.74, 6) is 0. The predicted molar refractivity (Wildman–Crippen MR) is 89.9 cm³/mol. The molecular weight excluding hydrogens is 230 g/mol. The number of hydrogen-bond acceptors (Lipinski definition) is 1. The summed E-state index contributed by atoms with van der Waals surface area (Å²) in [4.78, 5) is 4.36. The lowest BCUT2D eigenvalue weighted by molar-refractivity contribution is 1.05. The van der Waals surface area contributed by atoms with E-state index in [4.69, 9.17) is 0 Å². The van der Waals surface area contributed by atoms with Gasteiger partial charge in [0.2, 0.25) is 0 Å². The van der Waals surface area contributed by atoms with Gasteiger partial charge < -0.3 is 0 Å². The maximum atomic E-state index is 4.36. The molecule has 2 aromatic rings. The highest BCUT2D eigenvalue weighted by Crippen LogP contribution is 2.15. The van der Waals surface area contributed by atoms with Gasteiger partial charge in [0.25, 0.3) is 0 Å². The summed E-state index contributed by atoms with van der Waals surface area (Å²) >= 11 is 0. The summed E-state index contributed by atoms with van der Waals surface area (Å²) in [5, 5.41) is 2.52. The molecule has 0 bridgehead atoms. The van der Waals surface area contributed by atoms with Crippen LogP contribution in [0.2, 0.25) is 0 Å². The zero-order valence-electron chi connectivity index (χ0n) is 14.0. The Hall–Kier alpha value is -1.37. The van der Waals surface area contributed by atoms with Gasteiger partial charge in [0.15, 0.2) is 0 Å². The maximum Gasteiger partial charge on any atom is 0.0407 e. The molecule has 0 atom stereocenters. The van der Waals surface area contributed by atoms with E-state index >= 15 is 0 Å². The van der Waals surface area contributed by atoms with Crippen molar-refractivity contribution in [2.75, 3.05) is 0 Å². The quantitative estimate of drug-likeness (QED) is 0.597. The fourth-order valence-corrected chi connectivity index (χ4v) is 1.50. The number of pyridine rings is 1. The minimum absolute atomic E-state index is 1.00. The molecule has 0 unspecified atom stereocenters. The number of fused-ring (bicyclic) bond motifs is 1. The first kappa shape index (κ1) is 20.0. The highest BCUT2D eigenvalue weighted by Gasteiger charge is 1.95. The van der Waals surface area contributed by atoms with Gasteiger partial charge in [0.05, 0.1) is 0 Å². The largest absolute Gasteiger partial charge is 0.261 e. The SMILES string of the molecule is CC.CC.CC.CCc1cc2cc(C)ccc2cn1. The van der Waals surface area contributed by atoms with Crippen LogP contribution in [0.1, 0.15) is 59.7 Å². The molecule has 0 amide bonds. The Labute approximate surface area is 120 Å². The van der Waals surface area contributed by atoms with Crippen LogP contribution in [0, 0.1) is 6.92 Å². The van der Waals surface area contributed by atoms with Gasteiger partial charge in [-0.3, -0.25) is 4.98 Å². The molecule has 0 saturated carbocycles. The van der Waals surface area contributed by atoms with Crippen LogP contribution in [0.15, 0.2) is 30.5 Å². The van der Waals surface area contributed by atoms with Crippen molar-refractivity contribution in [2.24, 2.45) is 0 Å². The third-order valence-corrected chi connectivity index (χ3v) is 2.30. The molecule has 0 saturated heterocycles. The Morgan fingerprint density at radius 2 is 1.42 bits per heavy atom. The Balaban J connectivity index is 0. The van der Waals surface area contributed by atoms with Crippen molar-refractivity contribution in [3.8, 4) is 0 Å².